The van der Waals surface area contributed by atoms with Crippen molar-refractivity contribution < 1.29 is 45.8 Å². The average molecular weight is 639 g/mol. The van der Waals surface area contributed by atoms with Gasteiger partial charge in [0, 0.05) is 6.54 Å². The topological polar surface area (TPSA) is 90.6 Å². The number of carbonyl (C=O) groups is 2. The molecule has 0 spiro atoms. The van der Waals surface area contributed by atoms with Crippen molar-refractivity contribution in [3.63, 3.8) is 0 Å². The molecule has 1 saturated heterocycles. The molecule has 0 bridgehead atoms. The summed E-state index contributed by atoms with van der Waals surface area (Å²) >= 11 is 0. The number of alkyl halides is 6. The fourth-order valence-electron chi connectivity index (χ4n) is 6.74. The monoisotopic (exact) mass is 638 g/mol. The predicted molar refractivity (Wildman–Crippen MR) is 152 cm³/mol. The Labute approximate surface area is 258 Å². The Morgan fingerprint density at radius 2 is 1.62 bits per heavy atom. The smallest absolute Gasteiger partial charge is 0.416 e. The molecule has 2 aromatic carbocycles. The number of hydrogen-bond acceptors (Lipinski definition) is 4. The van der Waals surface area contributed by atoms with Crippen molar-refractivity contribution in [1.82, 2.24) is 4.90 Å². The summed E-state index contributed by atoms with van der Waals surface area (Å²) in [5.74, 6) is -0.313. The third kappa shape index (κ3) is 8.10. The van der Waals surface area contributed by atoms with E-state index in [2.05, 4.69) is 13.0 Å². The summed E-state index contributed by atoms with van der Waals surface area (Å²) < 4.78 is 86.3. The van der Waals surface area contributed by atoms with Crippen LogP contribution in [0.1, 0.15) is 98.3 Å². The molecule has 1 heterocycles. The fraction of sp³-hybridized carbons (Fsp3) is 0.545. The van der Waals surface area contributed by atoms with Crippen molar-refractivity contribution in [2.75, 3.05) is 0 Å². The van der Waals surface area contributed by atoms with Crippen molar-refractivity contribution in [3.8, 4) is 6.07 Å². The molecule has 0 aromatic heterocycles. The molecular weight excluding hydrogens is 602 g/mol. The minimum atomic E-state index is -5.04. The van der Waals surface area contributed by atoms with Crippen LogP contribution in [0.3, 0.4) is 0 Å². The van der Waals surface area contributed by atoms with E-state index in [1.807, 2.05) is 6.07 Å². The van der Waals surface area contributed by atoms with Crippen LogP contribution in [0.4, 0.5) is 31.1 Å². The number of cyclic esters (lactones) is 1. The van der Waals surface area contributed by atoms with Crippen LogP contribution in [0.5, 0.6) is 0 Å². The molecule has 244 valence electrons. The van der Waals surface area contributed by atoms with Crippen LogP contribution in [0, 0.1) is 29.1 Å². The van der Waals surface area contributed by atoms with E-state index in [0.29, 0.717) is 54.4 Å². The summed E-state index contributed by atoms with van der Waals surface area (Å²) in [7, 11) is 0. The van der Waals surface area contributed by atoms with Crippen LogP contribution >= 0.6 is 0 Å². The lowest BCUT2D eigenvalue weighted by Gasteiger charge is -2.33. The normalized spacial score (nSPS) is 23.0. The Balaban J connectivity index is 1.55. The number of amides is 1. The first-order valence-electron chi connectivity index (χ1n) is 15.1. The number of carboxylic acids is 1. The van der Waals surface area contributed by atoms with Crippen molar-refractivity contribution in [2.24, 2.45) is 17.8 Å². The van der Waals surface area contributed by atoms with E-state index in [9.17, 15) is 46.3 Å². The van der Waals surface area contributed by atoms with Gasteiger partial charge in [-0.25, -0.2) is 4.79 Å². The second kappa shape index (κ2) is 13.7. The number of halogens is 6. The number of benzene rings is 2. The van der Waals surface area contributed by atoms with Crippen LogP contribution < -0.4 is 0 Å². The third-order valence-corrected chi connectivity index (χ3v) is 9.24. The van der Waals surface area contributed by atoms with Gasteiger partial charge in [-0.1, -0.05) is 25.8 Å². The van der Waals surface area contributed by atoms with Gasteiger partial charge in [0.2, 0.25) is 0 Å². The molecule has 3 unspecified atom stereocenters. The zero-order chi connectivity index (χ0) is 33.1. The molecule has 1 amide bonds. The lowest BCUT2D eigenvalue weighted by molar-refractivity contribution is -0.144. The van der Waals surface area contributed by atoms with Crippen LogP contribution in [0.15, 0.2) is 36.4 Å². The van der Waals surface area contributed by atoms with Crippen LogP contribution in [-0.4, -0.2) is 28.1 Å². The number of hydrogen-bond donors (Lipinski definition) is 1. The van der Waals surface area contributed by atoms with Crippen LogP contribution in [0.25, 0.3) is 0 Å². The average Bonchev–Trinajstić information content (AvgIpc) is 3.27. The quantitative estimate of drug-likeness (QED) is 0.263. The number of rotatable bonds is 10. The third-order valence-electron chi connectivity index (χ3n) is 9.24. The molecule has 3 atom stereocenters. The van der Waals surface area contributed by atoms with Crippen molar-refractivity contribution >= 4 is 12.1 Å². The number of ether oxygens (including phenoxy) is 1. The van der Waals surface area contributed by atoms with Gasteiger partial charge in [0.05, 0.1) is 34.7 Å². The molecule has 1 aliphatic carbocycles. The number of carboxylic acid groups (broad SMARTS) is 1. The maximum Gasteiger partial charge on any atom is 0.416 e. The molecule has 2 aromatic rings. The van der Waals surface area contributed by atoms with Gasteiger partial charge in [0.25, 0.3) is 0 Å². The van der Waals surface area contributed by atoms with Gasteiger partial charge in [-0.3, -0.25) is 9.69 Å². The van der Waals surface area contributed by atoms with Crippen LogP contribution in [0.2, 0.25) is 0 Å². The van der Waals surface area contributed by atoms with Gasteiger partial charge < -0.3 is 9.84 Å². The predicted octanol–water partition coefficient (Wildman–Crippen LogP) is 8.92. The second-order valence-corrected chi connectivity index (χ2v) is 12.1. The van der Waals surface area contributed by atoms with Gasteiger partial charge in [-0.05, 0) is 104 Å². The summed E-state index contributed by atoms with van der Waals surface area (Å²) in [6, 6.07) is 7.47. The molecular formula is C33H36F6N2O4. The molecule has 1 N–H and O–H groups in total. The molecule has 1 saturated carbocycles. The van der Waals surface area contributed by atoms with E-state index in [1.165, 1.54) is 11.8 Å². The molecule has 2 aliphatic rings. The Morgan fingerprint density at radius 1 is 1.00 bits per heavy atom. The highest BCUT2D eigenvalue weighted by molar-refractivity contribution is 5.71. The standard InChI is InChI=1S/C33H36F6N2O4/c1-3-4-21(22-9-11-24(12-10-22)30(42)43)7-8-23-6-5-20(17-40)13-26(23)18-41-19(2)29(45-31(41)44)25-14-27(32(34,35)36)16-28(15-25)33(37,38)39/h5-6,13-16,19,21-22,24,29H,3-4,7-12,18H2,1-2H3,(H,42,43). The lowest BCUT2D eigenvalue weighted by Crippen LogP contribution is -2.32. The summed E-state index contributed by atoms with van der Waals surface area (Å²) in [5.41, 5.74) is -1.53. The number of aliphatic carboxylic acids is 1. The minimum Gasteiger partial charge on any atom is -0.481 e. The van der Waals surface area contributed by atoms with Gasteiger partial charge in [0.1, 0.15) is 6.10 Å². The van der Waals surface area contributed by atoms with E-state index in [0.717, 1.165) is 37.7 Å². The molecule has 0 radical (unpaired) electrons. The zero-order valence-electron chi connectivity index (χ0n) is 25.0. The van der Waals surface area contributed by atoms with E-state index < -0.39 is 53.3 Å². The second-order valence-electron chi connectivity index (χ2n) is 12.1. The van der Waals surface area contributed by atoms with Gasteiger partial charge in [0.15, 0.2) is 0 Å². The van der Waals surface area contributed by atoms with Crippen LogP contribution in [-0.2, 0) is 34.8 Å². The van der Waals surface area contributed by atoms with Crippen molar-refractivity contribution in [3.05, 3.63) is 69.8 Å². The number of carbonyl (C=O) groups excluding carboxylic acids is 1. The molecule has 2 fully saturated rings. The maximum absolute atomic E-state index is 13.5. The summed E-state index contributed by atoms with van der Waals surface area (Å²) in [4.78, 5) is 25.7. The summed E-state index contributed by atoms with van der Waals surface area (Å²) in [6.45, 7) is 3.55. The first kappa shape index (κ1) is 34.1. The van der Waals surface area contributed by atoms with Gasteiger partial charge in [-0.15, -0.1) is 0 Å². The summed E-state index contributed by atoms with van der Waals surface area (Å²) in [5, 5.41) is 18.9. The van der Waals surface area contributed by atoms with Crippen molar-refractivity contribution in [1.29, 1.82) is 5.26 Å². The Hall–Kier alpha value is -3.75. The SMILES string of the molecule is CCCC(CCc1ccc(C#N)cc1CN1C(=O)OC(c2cc(C(F)(F)F)cc(C(F)(F)F)c2)C1C)C1CCC(C(=O)O)CC1. The minimum absolute atomic E-state index is 0.0337. The van der Waals surface area contributed by atoms with Gasteiger partial charge >= 0.3 is 24.4 Å². The molecule has 4 rings (SSSR count). The van der Waals surface area contributed by atoms with E-state index in [4.69, 9.17) is 4.74 Å². The largest absolute Gasteiger partial charge is 0.481 e. The number of nitrogens with zero attached hydrogens (tertiary/aromatic N) is 2. The highest BCUT2D eigenvalue weighted by atomic mass is 19.4. The van der Waals surface area contributed by atoms with Crippen molar-refractivity contribution in [2.45, 2.75) is 96.3 Å². The lowest BCUT2D eigenvalue weighted by atomic mass is 9.72. The first-order chi connectivity index (χ1) is 21.1. The fourth-order valence-corrected chi connectivity index (χ4v) is 6.74. The summed E-state index contributed by atoms with van der Waals surface area (Å²) in [6.07, 6.45) is -6.00. The van der Waals surface area contributed by atoms with E-state index in [-0.39, 0.29) is 18.5 Å². The Bertz CT molecular complexity index is 1390. The Morgan fingerprint density at radius 3 is 2.16 bits per heavy atom. The Kier molecular flexibility index (Phi) is 10.4. The molecule has 6 nitrogen and oxygen atoms in total. The zero-order valence-corrected chi connectivity index (χ0v) is 25.0. The number of nitriles is 1. The molecule has 45 heavy (non-hydrogen) atoms. The number of aryl methyl sites for hydroxylation is 1. The van der Waals surface area contributed by atoms with E-state index >= 15 is 0 Å². The molecule has 12 heteroatoms. The maximum atomic E-state index is 13.5. The van der Waals surface area contributed by atoms with E-state index in [1.54, 1.807) is 12.1 Å². The molecule has 1 aliphatic heterocycles. The first-order valence-corrected chi connectivity index (χ1v) is 15.1. The highest BCUT2D eigenvalue weighted by Gasteiger charge is 2.43. The van der Waals surface area contributed by atoms with Gasteiger partial charge in [-0.2, -0.15) is 31.6 Å². The highest BCUT2D eigenvalue weighted by Crippen LogP contribution is 2.42.